The van der Waals surface area contributed by atoms with E-state index in [0.717, 1.165) is 5.56 Å². The lowest BCUT2D eigenvalue weighted by molar-refractivity contribution is -0.384. The van der Waals surface area contributed by atoms with Crippen LogP contribution < -0.4 is 10.9 Å². The number of rotatable bonds is 4. The Labute approximate surface area is 177 Å². The second-order valence-corrected chi connectivity index (χ2v) is 8.00. The first kappa shape index (κ1) is 20.0. The van der Waals surface area contributed by atoms with Gasteiger partial charge in [0.05, 0.1) is 19.3 Å². The lowest BCUT2D eigenvalue weighted by atomic mass is 9.90. The number of hydrogen-bond acceptors (Lipinski definition) is 8. The summed E-state index contributed by atoms with van der Waals surface area (Å²) in [6.45, 7) is 2.18. The summed E-state index contributed by atoms with van der Waals surface area (Å²) in [7, 11) is 0. The third-order valence-electron chi connectivity index (χ3n) is 5.85. The van der Waals surface area contributed by atoms with Gasteiger partial charge in [-0.3, -0.25) is 9.36 Å². The van der Waals surface area contributed by atoms with E-state index in [-0.39, 0.29) is 31.6 Å². The minimum Gasteiger partial charge on any atom is -0.502 e. The molecule has 5 heterocycles. The molecule has 0 spiro atoms. The molecule has 0 radical (unpaired) electrons. The van der Waals surface area contributed by atoms with E-state index in [1.54, 1.807) is 6.92 Å². The lowest BCUT2D eigenvalue weighted by Gasteiger charge is -2.37. The number of ether oxygens (including phenoxy) is 4. The molecule has 2 atom stereocenters. The number of carbonyl (C=O) groups is 1. The van der Waals surface area contributed by atoms with Gasteiger partial charge in [-0.05, 0) is 25.3 Å². The zero-order valence-electron chi connectivity index (χ0n) is 16.9. The van der Waals surface area contributed by atoms with Crippen LogP contribution in [0.5, 0.6) is 5.75 Å². The lowest BCUT2D eigenvalue weighted by Crippen LogP contribution is -2.53. The van der Waals surface area contributed by atoms with Crippen LogP contribution in [0.2, 0.25) is 0 Å². The summed E-state index contributed by atoms with van der Waals surface area (Å²) in [5.74, 6) is -0.225. The highest BCUT2D eigenvalue weighted by Gasteiger charge is 2.48. The first-order chi connectivity index (χ1) is 14.9. The summed E-state index contributed by atoms with van der Waals surface area (Å²) < 4.78 is 23.5. The van der Waals surface area contributed by atoms with Gasteiger partial charge < -0.3 is 29.4 Å². The fraction of sp³-hybridized carbons (Fsp3) is 0.476. The smallest absolute Gasteiger partial charge is 0.408 e. The van der Waals surface area contributed by atoms with Crippen molar-refractivity contribution in [1.82, 2.24) is 14.9 Å². The Morgan fingerprint density at radius 1 is 1.35 bits per heavy atom. The topological polar surface area (TPSA) is 121 Å². The fourth-order valence-corrected chi connectivity index (χ4v) is 4.20. The molecule has 0 saturated carbocycles. The summed E-state index contributed by atoms with van der Waals surface area (Å²) >= 11 is 0. The van der Waals surface area contributed by atoms with Crippen LogP contribution in [-0.4, -0.2) is 39.8 Å². The first-order valence-electron chi connectivity index (χ1n) is 10.2. The SMILES string of the molecule is CC1OC(c2nc3n(c(=O)c2O)CC2CCC3(NC(=O)OCc3ccccc3)CO2)O1. The number of amides is 1. The number of hydrogen-bond donors (Lipinski definition) is 2. The molecule has 2 bridgehead atoms. The van der Waals surface area contributed by atoms with Crippen molar-refractivity contribution in [1.29, 1.82) is 0 Å². The molecule has 2 aromatic rings. The molecule has 2 fully saturated rings. The van der Waals surface area contributed by atoms with Crippen LogP contribution in [0.1, 0.15) is 43.1 Å². The summed E-state index contributed by atoms with van der Waals surface area (Å²) in [6.07, 6.45) is -1.11. The second kappa shape index (κ2) is 7.63. The molecule has 31 heavy (non-hydrogen) atoms. The Bertz CT molecular complexity index is 1040. The molecule has 10 heteroatoms. The van der Waals surface area contributed by atoms with Gasteiger partial charge in [-0.1, -0.05) is 30.3 Å². The van der Waals surface area contributed by atoms with E-state index in [1.807, 2.05) is 30.3 Å². The molecular formula is C21H23N3O7. The Kier molecular flexibility index (Phi) is 4.92. The van der Waals surface area contributed by atoms with Crippen LogP contribution in [0.25, 0.3) is 0 Å². The molecule has 164 valence electrons. The van der Waals surface area contributed by atoms with Gasteiger partial charge in [0.1, 0.15) is 23.7 Å². The van der Waals surface area contributed by atoms with Crippen molar-refractivity contribution in [3.05, 3.63) is 57.8 Å². The monoisotopic (exact) mass is 429 g/mol. The molecule has 1 amide bonds. The van der Waals surface area contributed by atoms with E-state index in [2.05, 4.69) is 10.3 Å². The number of aromatic nitrogens is 2. The van der Waals surface area contributed by atoms with Crippen molar-refractivity contribution in [2.75, 3.05) is 6.61 Å². The Morgan fingerprint density at radius 2 is 2.13 bits per heavy atom. The molecule has 10 nitrogen and oxygen atoms in total. The number of benzene rings is 1. The van der Waals surface area contributed by atoms with Gasteiger partial charge in [0.2, 0.25) is 12.0 Å². The summed E-state index contributed by atoms with van der Waals surface area (Å²) in [4.78, 5) is 30.1. The van der Waals surface area contributed by atoms with Crippen LogP contribution >= 0.6 is 0 Å². The van der Waals surface area contributed by atoms with Crippen LogP contribution in [0.15, 0.2) is 35.1 Å². The third-order valence-corrected chi connectivity index (χ3v) is 5.85. The van der Waals surface area contributed by atoms with Gasteiger partial charge in [0.15, 0.2) is 6.29 Å². The van der Waals surface area contributed by atoms with Crippen molar-refractivity contribution in [2.24, 2.45) is 0 Å². The van der Waals surface area contributed by atoms with Crippen molar-refractivity contribution >= 4 is 6.09 Å². The zero-order chi connectivity index (χ0) is 21.6. The molecule has 1 aromatic carbocycles. The fourth-order valence-electron chi connectivity index (χ4n) is 4.20. The van der Waals surface area contributed by atoms with Crippen LogP contribution in [-0.2, 0) is 37.6 Å². The van der Waals surface area contributed by atoms with Crippen molar-refractivity contribution in [2.45, 2.75) is 57.1 Å². The number of nitrogens with zero attached hydrogens (tertiary/aromatic N) is 2. The first-order valence-corrected chi connectivity index (χ1v) is 10.2. The highest BCUT2D eigenvalue weighted by Crippen LogP contribution is 2.39. The third kappa shape index (κ3) is 3.56. The van der Waals surface area contributed by atoms with E-state index in [0.29, 0.717) is 18.7 Å². The van der Waals surface area contributed by atoms with Gasteiger partial charge in [-0.15, -0.1) is 0 Å². The highest BCUT2D eigenvalue weighted by molar-refractivity contribution is 5.68. The molecular weight excluding hydrogens is 406 g/mol. The quantitative estimate of drug-likeness (QED) is 0.753. The van der Waals surface area contributed by atoms with Gasteiger partial charge in [0, 0.05) is 0 Å². The van der Waals surface area contributed by atoms with Crippen molar-refractivity contribution < 1.29 is 28.8 Å². The number of nitrogens with one attached hydrogen (secondary N) is 1. The Morgan fingerprint density at radius 3 is 2.81 bits per heavy atom. The number of carbonyl (C=O) groups excluding carboxylic acids is 1. The van der Waals surface area contributed by atoms with Crippen LogP contribution in [0.3, 0.4) is 0 Å². The predicted molar refractivity (Wildman–Crippen MR) is 105 cm³/mol. The van der Waals surface area contributed by atoms with Crippen LogP contribution in [0, 0.1) is 0 Å². The van der Waals surface area contributed by atoms with Crippen molar-refractivity contribution in [3.8, 4) is 5.75 Å². The molecule has 1 aromatic heterocycles. The molecule has 0 aliphatic carbocycles. The minimum absolute atomic E-state index is 0.00136. The van der Waals surface area contributed by atoms with Gasteiger partial charge in [-0.25, -0.2) is 9.78 Å². The van der Waals surface area contributed by atoms with E-state index in [4.69, 9.17) is 18.9 Å². The maximum Gasteiger partial charge on any atom is 0.408 e. The summed E-state index contributed by atoms with van der Waals surface area (Å²) in [5.41, 5.74) is -0.838. The van der Waals surface area contributed by atoms with Gasteiger partial charge in [0.25, 0.3) is 5.56 Å². The maximum atomic E-state index is 12.9. The van der Waals surface area contributed by atoms with Gasteiger partial charge in [-0.2, -0.15) is 0 Å². The van der Waals surface area contributed by atoms with E-state index < -0.39 is 35.5 Å². The highest BCUT2D eigenvalue weighted by atomic mass is 16.9. The number of aromatic hydroxyl groups is 1. The Balaban J connectivity index is 1.46. The largest absolute Gasteiger partial charge is 0.502 e. The molecule has 2 saturated heterocycles. The molecule has 6 rings (SSSR count). The van der Waals surface area contributed by atoms with Gasteiger partial charge >= 0.3 is 6.09 Å². The number of fused-ring (bicyclic) bond motifs is 2. The van der Waals surface area contributed by atoms with E-state index in [9.17, 15) is 14.7 Å². The second-order valence-electron chi connectivity index (χ2n) is 8.00. The average molecular weight is 429 g/mol. The summed E-state index contributed by atoms with van der Waals surface area (Å²) in [6, 6.07) is 9.32. The average Bonchev–Trinajstić information content (AvgIpc) is 3.00. The zero-order valence-corrected chi connectivity index (χ0v) is 16.9. The predicted octanol–water partition coefficient (Wildman–Crippen LogP) is 1.65. The van der Waals surface area contributed by atoms with E-state index in [1.165, 1.54) is 4.57 Å². The standard InChI is InChI=1S/C21H23N3O7/c1-12-30-18(31-12)15-16(25)17(26)24-9-14-7-8-21(11-29-14,19(24)22-15)23-20(27)28-10-13-5-3-2-4-6-13/h2-6,12,14,18,25H,7-11H2,1H3,(H,23,27). The molecule has 4 aliphatic rings. The summed E-state index contributed by atoms with van der Waals surface area (Å²) in [5, 5.41) is 13.3. The van der Waals surface area contributed by atoms with Crippen LogP contribution in [0.4, 0.5) is 4.79 Å². The molecule has 2 N–H and O–H groups in total. The normalized spacial score (nSPS) is 28.9. The maximum absolute atomic E-state index is 12.9. The molecule has 4 aliphatic heterocycles. The van der Waals surface area contributed by atoms with Crippen molar-refractivity contribution in [3.63, 3.8) is 0 Å². The number of alkyl carbamates (subject to hydrolysis) is 1. The van der Waals surface area contributed by atoms with E-state index >= 15 is 0 Å². The Hall–Kier alpha value is -2.95. The molecule has 2 unspecified atom stereocenters. The minimum atomic E-state index is -1.07.